The standard InChI is InChI=1S/C24H24N2O7P/c27-21-17-9-1-2-10-18(17)22(28)25(21)13-5-7-15-32-34(31)33-16-8-6-14-26-23(29)19-11-3-4-12-20(19)24(26)30/h1-4,9-12H,5-8,13-16H2/q+1. The van der Waals surface area contributed by atoms with Gasteiger partial charge in [-0.25, -0.2) is 0 Å². The molecule has 4 amide bonds. The minimum absolute atomic E-state index is 0.174. The number of unbranched alkanes of at least 4 members (excludes halogenated alkanes) is 2. The summed E-state index contributed by atoms with van der Waals surface area (Å²) in [4.78, 5) is 51.6. The Hall–Kier alpha value is -3.26. The van der Waals surface area contributed by atoms with Gasteiger partial charge in [0.05, 0.1) is 22.3 Å². The van der Waals surface area contributed by atoms with Gasteiger partial charge in [0.15, 0.2) is 0 Å². The van der Waals surface area contributed by atoms with E-state index in [0.717, 1.165) is 0 Å². The van der Waals surface area contributed by atoms with Crippen LogP contribution in [0.2, 0.25) is 0 Å². The molecule has 176 valence electrons. The SMILES string of the molecule is O=C1c2ccccc2C(=O)N1CCCCO[P+](=O)OCCCCN1C(=O)c2ccccc2C1=O. The van der Waals surface area contributed by atoms with Crippen molar-refractivity contribution in [3.63, 3.8) is 0 Å². The van der Waals surface area contributed by atoms with E-state index >= 15 is 0 Å². The molecule has 2 heterocycles. The summed E-state index contributed by atoms with van der Waals surface area (Å²) >= 11 is 0. The normalized spacial score (nSPS) is 14.7. The largest absolute Gasteiger partial charge is 0.697 e. The van der Waals surface area contributed by atoms with Crippen molar-refractivity contribution in [3.8, 4) is 0 Å². The van der Waals surface area contributed by atoms with Crippen LogP contribution in [-0.2, 0) is 13.6 Å². The second-order valence-electron chi connectivity index (χ2n) is 7.92. The Bertz CT molecular complexity index is 992. The molecule has 10 heteroatoms. The van der Waals surface area contributed by atoms with Gasteiger partial charge in [0, 0.05) is 17.7 Å². The lowest BCUT2D eigenvalue weighted by atomic mass is 10.1. The molecule has 2 aromatic carbocycles. The molecular weight excluding hydrogens is 459 g/mol. The van der Waals surface area contributed by atoms with Crippen molar-refractivity contribution < 1.29 is 32.8 Å². The number of benzene rings is 2. The molecule has 0 spiro atoms. The number of imide groups is 2. The molecule has 0 aromatic heterocycles. The van der Waals surface area contributed by atoms with Crippen LogP contribution in [0.25, 0.3) is 0 Å². The minimum Gasteiger partial charge on any atom is -0.274 e. The van der Waals surface area contributed by atoms with Crippen LogP contribution >= 0.6 is 8.25 Å². The average Bonchev–Trinajstić information content (AvgIpc) is 3.24. The van der Waals surface area contributed by atoms with Gasteiger partial charge in [0.1, 0.15) is 13.2 Å². The highest BCUT2D eigenvalue weighted by molar-refractivity contribution is 7.33. The fourth-order valence-electron chi connectivity index (χ4n) is 3.94. The Kier molecular flexibility index (Phi) is 7.57. The van der Waals surface area contributed by atoms with Gasteiger partial charge in [0.2, 0.25) is 0 Å². The van der Waals surface area contributed by atoms with Crippen molar-refractivity contribution >= 4 is 31.9 Å². The molecule has 2 aliphatic rings. The maximum Gasteiger partial charge on any atom is 0.697 e. The molecule has 0 aliphatic carbocycles. The molecule has 0 N–H and O–H groups in total. The van der Waals surface area contributed by atoms with Gasteiger partial charge in [-0.3, -0.25) is 29.0 Å². The van der Waals surface area contributed by atoms with Crippen molar-refractivity contribution in [1.29, 1.82) is 0 Å². The van der Waals surface area contributed by atoms with Crippen LogP contribution in [0.1, 0.15) is 67.1 Å². The van der Waals surface area contributed by atoms with Crippen LogP contribution in [0.5, 0.6) is 0 Å². The third kappa shape index (κ3) is 4.97. The smallest absolute Gasteiger partial charge is 0.274 e. The van der Waals surface area contributed by atoms with Gasteiger partial charge in [-0.05, 0) is 49.9 Å². The summed E-state index contributed by atoms with van der Waals surface area (Å²) < 4.78 is 22.2. The fraction of sp³-hybridized carbons (Fsp3) is 0.333. The molecule has 4 rings (SSSR count). The van der Waals surface area contributed by atoms with Gasteiger partial charge in [-0.15, -0.1) is 9.05 Å². The molecular formula is C24H24N2O7P+. The summed E-state index contributed by atoms with van der Waals surface area (Å²) in [6, 6.07) is 13.5. The zero-order chi connectivity index (χ0) is 24.1. The molecule has 0 bridgehead atoms. The summed E-state index contributed by atoms with van der Waals surface area (Å²) in [7, 11) is -2.29. The van der Waals surface area contributed by atoms with Crippen LogP contribution in [0.3, 0.4) is 0 Å². The highest BCUT2D eigenvalue weighted by atomic mass is 31.1. The van der Waals surface area contributed by atoms with Crippen LogP contribution in [0, 0.1) is 0 Å². The Labute approximate surface area is 197 Å². The number of rotatable bonds is 12. The van der Waals surface area contributed by atoms with E-state index in [1.165, 1.54) is 9.80 Å². The molecule has 2 aliphatic heterocycles. The Morgan fingerprint density at radius 3 is 1.21 bits per heavy atom. The molecule has 0 saturated carbocycles. The van der Waals surface area contributed by atoms with Crippen LogP contribution in [0.4, 0.5) is 0 Å². The van der Waals surface area contributed by atoms with Crippen LogP contribution in [0.15, 0.2) is 48.5 Å². The van der Waals surface area contributed by atoms with Gasteiger partial charge in [-0.2, -0.15) is 0 Å². The second-order valence-corrected chi connectivity index (χ2v) is 8.88. The monoisotopic (exact) mass is 483 g/mol. The zero-order valence-electron chi connectivity index (χ0n) is 18.5. The Morgan fingerprint density at radius 2 is 0.882 bits per heavy atom. The molecule has 34 heavy (non-hydrogen) atoms. The molecule has 0 unspecified atom stereocenters. The summed E-state index contributed by atoms with van der Waals surface area (Å²) in [6.07, 6.45) is 2.07. The van der Waals surface area contributed by atoms with E-state index in [9.17, 15) is 23.7 Å². The summed E-state index contributed by atoms with van der Waals surface area (Å²) in [5.74, 6) is -1.18. The molecule has 0 fully saturated rings. The predicted molar refractivity (Wildman–Crippen MR) is 122 cm³/mol. The van der Waals surface area contributed by atoms with E-state index in [-0.39, 0.29) is 49.9 Å². The highest BCUT2D eigenvalue weighted by Gasteiger charge is 2.35. The molecule has 0 radical (unpaired) electrons. The summed E-state index contributed by atoms with van der Waals surface area (Å²) in [5, 5.41) is 0. The van der Waals surface area contributed by atoms with Crippen LogP contribution in [-0.4, -0.2) is 59.7 Å². The number of amides is 4. The topological polar surface area (TPSA) is 110 Å². The molecule has 0 atom stereocenters. The third-order valence-corrected chi connectivity index (χ3v) is 6.49. The van der Waals surface area contributed by atoms with E-state index < -0.39 is 8.25 Å². The van der Waals surface area contributed by atoms with E-state index in [4.69, 9.17) is 9.05 Å². The van der Waals surface area contributed by atoms with Crippen molar-refractivity contribution in [2.45, 2.75) is 25.7 Å². The van der Waals surface area contributed by atoms with Crippen LogP contribution < -0.4 is 0 Å². The Morgan fingerprint density at radius 1 is 0.559 bits per heavy atom. The first-order valence-electron chi connectivity index (χ1n) is 11.1. The van der Waals surface area contributed by atoms with Crippen molar-refractivity contribution in [3.05, 3.63) is 70.8 Å². The Balaban J connectivity index is 1.06. The fourth-order valence-corrected chi connectivity index (χ4v) is 4.57. The lowest BCUT2D eigenvalue weighted by Crippen LogP contribution is -2.30. The first-order valence-corrected chi connectivity index (χ1v) is 12.2. The van der Waals surface area contributed by atoms with E-state index in [2.05, 4.69) is 0 Å². The second kappa shape index (κ2) is 10.8. The first kappa shape index (κ1) is 23.9. The lowest BCUT2D eigenvalue weighted by Gasteiger charge is -2.12. The van der Waals surface area contributed by atoms with Crippen molar-refractivity contribution in [1.82, 2.24) is 9.80 Å². The van der Waals surface area contributed by atoms with Gasteiger partial charge in [-0.1, -0.05) is 24.3 Å². The lowest BCUT2D eigenvalue weighted by molar-refractivity contribution is 0.0635. The van der Waals surface area contributed by atoms with Gasteiger partial charge < -0.3 is 0 Å². The number of carbonyl (C=O) groups excluding carboxylic acids is 4. The van der Waals surface area contributed by atoms with Crippen molar-refractivity contribution in [2.75, 3.05) is 26.3 Å². The highest BCUT2D eigenvalue weighted by Crippen LogP contribution is 2.26. The molecule has 9 nitrogen and oxygen atoms in total. The molecule has 0 saturated heterocycles. The van der Waals surface area contributed by atoms with Crippen molar-refractivity contribution in [2.24, 2.45) is 0 Å². The van der Waals surface area contributed by atoms with Gasteiger partial charge >= 0.3 is 8.25 Å². The maximum absolute atomic E-state index is 12.3. The van der Waals surface area contributed by atoms with E-state index in [0.29, 0.717) is 47.9 Å². The van der Waals surface area contributed by atoms with Gasteiger partial charge in [0.25, 0.3) is 23.6 Å². The maximum atomic E-state index is 12.3. The number of fused-ring (bicyclic) bond motifs is 2. The third-order valence-electron chi connectivity index (χ3n) is 5.70. The number of nitrogens with zero attached hydrogens (tertiary/aromatic N) is 2. The summed E-state index contributed by atoms with van der Waals surface area (Å²) in [5.41, 5.74) is 1.68. The number of carbonyl (C=O) groups is 4. The van der Waals surface area contributed by atoms with E-state index in [1.807, 2.05) is 0 Å². The summed E-state index contributed by atoms with van der Waals surface area (Å²) in [6.45, 7) is 0.886. The first-order chi connectivity index (χ1) is 16.5. The van der Waals surface area contributed by atoms with E-state index in [1.54, 1.807) is 48.5 Å². The number of hydrogen-bond acceptors (Lipinski definition) is 7. The molecule has 2 aromatic rings. The minimum atomic E-state index is -2.29. The quantitative estimate of drug-likeness (QED) is 0.256. The zero-order valence-corrected chi connectivity index (χ0v) is 19.4. The number of hydrogen-bond donors (Lipinski definition) is 0. The predicted octanol–water partition coefficient (Wildman–Crippen LogP) is 3.83. The average molecular weight is 483 g/mol.